The van der Waals surface area contributed by atoms with Gasteiger partial charge in [-0.3, -0.25) is 19.4 Å². The molecule has 0 bridgehead atoms. The SMILES string of the molecule is CCC(NC(=O)c1cncc2c1cnn2-c1ccc(F)cc1)C(=O)C[C@H](C(=O)OC)[C@@H](C)O. The number of aliphatic hydroxyl groups excluding tert-OH is 1. The van der Waals surface area contributed by atoms with Gasteiger partial charge in [0, 0.05) is 18.0 Å². The Hall–Kier alpha value is -3.66. The normalized spacial score (nSPS) is 13.8. The summed E-state index contributed by atoms with van der Waals surface area (Å²) in [6.07, 6.45) is 3.35. The van der Waals surface area contributed by atoms with Gasteiger partial charge < -0.3 is 15.2 Å². The van der Waals surface area contributed by atoms with Crippen LogP contribution in [-0.4, -0.2) is 56.8 Å². The minimum Gasteiger partial charge on any atom is -0.469 e. The summed E-state index contributed by atoms with van der Waals surface area (Å²) in [7, 11) is 1.18. The van der Waals surface area contributed by atoms with Crippen molar-refractivity contribution in [2.24, 2.45) is 5.92 Å². The van der Waals surface area contributed by atoms with Crippen molar-refractivity contribution < 1.29 is 28.6 Å². The molecule has 0 saturated carbocycles. The predicted octanol–water partition coefficient (Wildman–Crippen LogP) is 2.20. The van der Waals surface area contributed by atoms with Gasteiger partial charge in [-0.1, -0.05) is 6.92 Å². The summed E-state index contributed by atoms with van der Waals surface area (Å²) in [5.74, 6) is -3.02. The molecule has 2 heterocycles. The molecule has 0 fully saturated rings. The van der Waals surface area contributed by atoms with Gasteiger partial charge in [0.2, 0.25) is 0 Å². The highest BCUT2D eigenvalue weighted by Crippen LogP contribution is 2.21. The number of amides is 1. The number of ether oxygens (including phenoxy) is 1. The van der Waals surface area contributed by atoms with Gasteiger partial charge in [0.1, 0.15) is 5.82 Å². The Labute approximate surface area is 189 Å². The molecule has 1 amide bonds. The number of benzene rings is 1. The van der Waals surface area contributed by atoms with Gasteiger partial charge in [0.15, 0.2) is 5.78 Å². The van der Waals surface area contributed by atoms with Crippen LogP contribution in [0.2, 0.25) is 0 Å². The lowest BCUT2D eigenvalue weighted by atomic mass is 9.93. The number of hydrogen-bond donors (Lipinski definition) is 2. The number of hydrogen-bond acceptors (Lipinski definition) is 7. The molecule has 0 aliphatic rings. The van der Waals surface area contributed by atoms with Crippen LogP contribution >= 0.6 is 0 Å². The quantitative estimate of drug-likeness (QED) is 0.473. The van der Waals surface area contributed by atoms with Gasteiger partial charge in [-0.15, -0.1) is 0 Å². The average molecular weight is 456 g/mol. The van der Waals surface area contributed by atoms with Crippen molar-refractivity contribution in [1.82, 2.24) is 20.1 Å². The minimum atomic E-state index is -1.08. The van der Waals surface area contributed by atoms with Gasteiger partial charge in [-0.05, 0) is 37.6 Å². The zero-order valence-corrected chi connectivity index (χ0v) is 18.5. The van der Waals surface area contributed by atoms with Gasteiger partial charge in [0.25, 0.3) is 5.91 Å². The van der Waals surface area contributed by atoms with E-state index in [2.05, 4.69) is 20.1 Å². The van der Waals surface area contributed by atoms with Crippen LogP contribution in [0.15, 0.2) is 42.9 Å². The molecule has 0 spiro atoms. The lowest BCUT2D eigenvalue weighted by Gasteiger charge is -2.21. The monoisotopic (exact) mass is 456 g/mol. The number of methoxy groups -OCH3 is 1. The maximum absolute atomic E-state index is 13.3. The summed E-state index contributed by atoms with van der Waals surface area (Å²) >= 11 is 0. The zero-order chi connectivity index (χ0) is 24.1. The maximum atomic E-state index is 13.3. The first-order valence-corrected chi connectivity index (χ1v) is 10.4. The number of rotatable bonds is 9. The highest BCUT2D eigenvalue weighted by molar-refractivity contribution is 6.07. The van der Waals surface area contributed by atoms with Gasteiger partial charge in [0.05, 0.1) is 54.3 Å². The number of fused-ring (bicyclic) bond motifs is 1. The number of Topliss-reactive ketones (excluding diaryl/α,β-unsaturated/α-hetero) is 1. The molecule has 1 unspecified atom stereocenters. The molecule has 3 rings (SSSR count). The number of nitrogens with one attached hydrogen (secondary N) is 1. The van der Waals surface area contributed by atoms with E-state index in [4.69, 9.17) is 0 Å². The predicted molar refractivity (Wildman–Crippen MR) is 117 cm³/mol. The molecule has 0 radical (unpaired) electrons. The summed E-state index contributed by atoms with van der Waals surface area (Å²) < 4.78 is 19.4. The third-order valence-corrected chi connectivity index (χ3v) is 5.42. The van der Waals surface area contributed by atoms with Crippen molar-refractivity contribution in [2.45, 2.75) is 38.8 Å². The number of aromatic nitrogens is 3. The summed E-state index contributed by atoms with van der Waals surface area (Å²) in [5.41, 5.74) is 1.35. The first kappa shape index (κ1) is 24.0. The van der Waals surface area contributed by atoms with Crippen LogP contribution in [0.4, 0.5) is 4.39 Å². The van der Waals surface area contributed by atoms with E-state index in [-0.39, 0.29) is 24.2 Å². The molecule has 0 aliphatic heterocycles. The molecular formula is C23H25FN4O5. The van der Waals surface area contributed by atoms with Crippen LogP contribution < -0.4 is 5.32 Å². The summed E-state index contributed by atoms with van der Waals surface area (Å²) in [6, 6.07) is 4.85. The van der Waals surface area contributed by atoms with E-state index in [1.807, 2.05) is 0 Å². The van der Waals surface area contributed by atoms with Crippen molar-refractivity contribution in [1.29, 1.82) is 0 Å². The zero-order valence-electron chi connectivity index (χ0n) is 18.5. The van der Waals surface area contributed by atoms with E-state index >= 15 is 0 Å². The lowest BCUT2D eigenvalue weighted by Crippen LogP contribution is -2.42. The molecule has 3 aromatic rings. The van der Waals surface area contributed by atoms with E-state index in [9.17, 15) is 23.9 Å². The van der Waals surface area contributed by atoms with Crippen molar-refractivity contribution in [3.63, 3.8) is 0 Å². The number of ketones is 1. The average Bonchev–Trinajstić information content (AvgIpc) is 3.24. The largest absolute Gasteiger partial charge is 0.469 e. The fourth-order valence-corrected chi connectivity index (χ4v) is 3.52. The first-order valence-electron chi connectivity index (χ1n) is 10.4. The fraction of sp³-hybridized carbons (Fsp3) is 0.348. The number of pyridine rings is 1. The molecule has 0 aliphatic carbocycles. The number of carbonyl (C=O) groups excluding carboxylic acids is 3. The Balaban J connectivity index is 1.82. The Kier molecular flexibility index (Phi) is 7.49. The van der Waals surface area contributed by atoms with Crippen LogP contribution in [0.3, 0.4) is 0 Å². The van der Waals surface area contributed by atoms with E-state index in [0.717, 1.165) is 0 Å². The Morgan fingerprint density at radius 2 is 1.88 bits per heavy atom. The highest BCUT2D eigenvalue weighted by Gasteiger charge is 2.31. The van der Waals surface area contributed by atoms with E-state index in [0.29, 0.717) is 16.6 Å². The molecule has 3 atom stereocenters. The highest BCUT2D eigenvalue weighted by atomic mass is 19.1. The van der Waals surface area contributed by atoms with Crippen LogP contribution in [0.1, 0.15) is 37.0 Å². The van der Waals surface area contributed by atoms with Crippen LogP contribution in [-0.2, 0) is 14.3 Å². The third-order valence-electron chi connectivity index (χ3n) is 5.42. The molecule has 2 N–H and O–H groups in total. The number of nitrogens with zero attached hydrogens (tertiary/aromatic N) is 3. The summed E-state index contributed by atoms with van der Waals surface area (Å²) in [5, 5.41) is 17.3. The summed E-state index contributed by atoms with van der Waals surface area (Å²) in [4.78, 5) is 41.7. The minimum absolute atomic E-state index is 0.215. The second-order valence-corrected chi connectivity index (χ2v) is 7.63. The Bertz CT molecular complexity index is 1160. The molecule has 0 saturated heterocycles. The van der Waals surface area contributed by atoms with Gasteiger partial charge in [-0.25, -0.2) is 9.07 Å². The summed E-state index contributed by atoms with van der Waals surface area (Å²) in [6.45, 7) is 3.13. The van der Waals surface area contributed by atoms with Crippen molar-refractivity contribution >= 4 is 28.6 Å². The van der Waals surface area contributed by atoms with E-state index in [1.165, 1.54) is 49.4 Å². The van der Waals surface area contributed by atoms with E-state index < -0.39 is 35.7 Å². The lowest BCUT2D eigenvalue weighted by molar-refractivity contribution is -0.151. The molecule has 33 heavy (non-hydrogen) atoms. The third kappa shape index (κ3) is 5.23. The smallest absolute Gasteiger partial charge is 0.311 e. The number of carbonyl (C=O) groups is 3. The first-order chi connectivity index (χ1) is 15.8. The van der Waals surface area contributed by atoms with Gasteiger partial charge >= 0.3 is 5.97 Å². The standard InChI is InChI=1S/C23H25FN4O5/c1-4-19(21(30)9-16(13(2)29)23(32)33-3)27-22(31)18-10-25-12-20-17(18)11-26-28(20)15-7-5-14(24)6-8-15/h5-8,10-13,16,19,29H,4,9H2,1-3H3,(H,27,31)/t13-,16+,19?/m1/s1. The molecule has 174 valence electrons. The molecular weight excluding hydrogens is 431 g/mol. The van der Waals surface area contributed by atoms with E-state index in [1.54, 1.807) is 19.1 Å². The fourth-order valence-electron chi connectivity index (χ4n) is 3.52. The number of halogens is 1. The molecule has 10 heteroatoms. The van der Waals surface area contributed by atoms with Crippen LogP contribution in [0.25, 0.3) is 16.6 Å². The topological polar surface area (TPSA) is 123 Å². The second-order valence-electron chi connectivity index (χ2n) is 7.63. The molecule has 9 nitrogen and oxygen atoms in total. The second kappa shape index (κ2) is 10.3. The van der Waals surface area contributed by atoms with Crippen molar-refractivity contribution in [3.05, 3.63) is 54.2 Å². The number of esters is 1. The maximum Gasteiger partial charge on any atom is 0.311 e. The molecule has 2 aromatic heterocycles. The van der Waals surface area contributed by atoms with Crippen molar-refractivity contribution in [2.75, 3.05) is 7.11 Å². The van der Waals surface area contributed by atoms with Crippen molar-refractivity contribution in [3.8, 4) is 5.69 Å². The molecule has 1 aromatic carbocycles. The van der Waals surface area contributed by atoms with Gasteiger partial charge in [-0.2, -0.15) is 5.10 Å². The van der Waals surface area contributed by atoms with Crippen LogP contribution in [0, 0.1) is 11.7 Å². The Morgan fingerprint density at radius 1 is 1.18 bits per heavy atom. The van der Waals surface area contributed by atoms with Crippen LogP contribution in [0.5, 0.6) is 0 Å². The Morgan fingerprint density at radius 3 is 2.48 bits per heavy atom. The number of aliphatic hydroxyl groups is 1.